The number of rotatable bonds is 4. The van der Waals surface area contributed by atoms with Crippen molar-refractivity contribution in [3.63, 3.8) is 0 Å². The van der Waals surface area contributed by atoms with E-state index in [4.69, 9.17) is 10.2 Å². The van der Waals surface area contributed by atoms with Crippen molar-refractivity contribution >= 4 is 16.9 Å². The number of hydrogen-bond donors (Lipinski definition) is 2. The molecule has 1 aromatic carbocycles. The van der Waals surface area contributed by atoms with Gasteiger partial charge in [0, 0.05) is 17.0 Å². The molecule has 1 amide bonds. The fourth-order valence-electron chi connectivity index (χ4n) is 3.47. The average molecular weight is 300 g/mol. The Balaban J connectivity index is 1.73. The van der Waals surface area contributed by atoms with Crippen LogP contribution in [-0.4, -0.2) is 18.5 Å². The first-order valence-corrected chi connectivity index (χ1v) is 8.06. The van der Waals surface area contributed by atoms with Crippen LogP contribution in [-0.2, 0) is 11.2 Å². The van der Waals surface area contributed by atoms with Crippen molar-refractivity contribution in [1.82, 2.24) is 5.32 Å². The van der Waals surface area contributed by atoms with Gasteiger partial charge in [-0.2, -0.15) is 0 Å². The van der Waals surface area contributed by atoms with Gasteiger partial charge in [0.1, 0.15) is 5.58 Å². The zero-order valence-corrected chi connectivity index (χ0v) is 13.3. The number of nitrogens with two attached hydrogens (primary N) is 1. The lowest BCUT2D eigenvalue weighted by atomic mass is 10.0. The van der Waals surface area contributed by atoms with Gasteiger partial charge in [0.25, 0.3) is 0 Å². The van der Waals surface area contributed by atoms with Gasteiger partial charge in [0.05, 0.1) is 12.7 Å². The molecular formula is C18H24N2O2. The summed E-state index contributed by atoms with van der Waals surface area (Å²) in [6, 6.07) is 4.36. The van der Waals surface area contributed by atoms with E-state index >= 15 is 0 Å². The summed E-state index contributed by atoms with van der Waals surface area (Å²) in [5.41, 5.74) is 9.97. The summed E-state index contributed by atoms with van der Waals surface area (Å²) in [5, 5.41) is 4.19. The van der Waals surface area contributed by atoms with Crippen molar-refractivity contribution in [2.24, 2.45) is 11.7 Å². The van der Waals surface area contributed by atoms with Crippen molar-refractivity contribution in [2.75, 3.05) is 6.54 Å². The maximum atomic E-state index is 12.3. The molecule has 3 rings (SSSR count). The minimum atomic E-state index is 0.0614. The van der Waals surface area contributed by atoms with Gasteiger partial charge in [-0.3, -0.25) is 4.79 Å². The summed E-state index contributed by atoms with van der Waals surface area (Å²) in [7, 11) is 0. The van der Waals surface area contributed by atoms with E-state index in [0.717, 1.165) is 41.4 Å². The minimum Gasteiger partial charge on any atom is -0.464 e. The number of hydrogen-bond acceptors (Lipinski definition) is 3. The van der Waals surface area contributed by atoms with Gasteiger partial charge < -0.3 is 15.5 Å². The van der Waals surface area contributed by atoms with Crippen LogP contribution in [0, 0.1) is 19.8 Å². The first kappa shape index (κ1) is 15.1. The van der Waals surface area contributed by atoms with Crippen LogP contribution < -0.4 is 11.1 Å². The second-order valence-corrected chi connectivity index (χ2v) is 6.42. The fourth-order valence-corrected chi connectivity index (χ4v) is 3.47. The number of benzene rings is 1. The van der Waals surface area contributed by atoms with Crippen LogP contribution in [0.15, 0.2) is 22.8 Å². The van der Waals surface area contributed by atoms with Crippen molar-refractivity contribution in [2.45, 2.75) is 45.6 Å². The van der Waals surface area contributed by atoms with Crippen LogP contribution in [0.5, 0.6) is 0 Å². The molecule has 2 atom stereocenters. The van der Waals surface area contributed by atoms with Gasteiger partial charge in [-0.15, -0.1) is 0 Å². The molecule has 0 aliphatic heterocycles. The van der Waals surface area contributed by atoms with Crippen LogP contribution in [0.1, 0.15) is 36.0 Å². The maximum Gasteiger partial charge on any atom is 0.224 e. The first-order chi connectivity index (χ1) is 10.6. The minimum absolute atomic E-state index is 0.0614. The van der Waals surface area contributed by atoms with E-state index in [-0.39, 0.29) is 11.9 Å². The molecule has 0 bridgehead atoms. The molecule has 2 aromatic rings. The number of furan rings is 1. The first-order valence-electron chi connectivity index (χ1n) is 8.06. The van der Waals surface area contributed by atoms with E-state index in [0.29, 0.717) is 18.9 Å². The number of carbonyl (C=O) groups is 1. The Morgan fingerprint density at radius 1 is 1.36 bits per heavy atom. The largest absolute Gasteiger partial charge is 0.464 e. The van der Waals surface area contributed by atoms with Crippen LogP contribution >= 0.6 is 0 Å². The quantitative estimate of drug-likeness (QED) is 0.912. The molecule has 3 N–H and O–H groups in total. The molecule has 0 spiro atoms. The summed E-state index contributed by atoms with van der Waals surface area (Å²) in [4.78, 5) is 12.3. The van der Waals surface area contributed by atoms with Crippen LogP contribution in [0.2, 0.25) is 0 Å². The number of carbonyl (C=O) groups excluding carboxylic acids is 1. The average Bonchev–Trinajstić information content (AvgIpc) is 3.10. The monoisotopic (exact) mass is 300 g/mol. The molecule has 22 heavy (non-hydrogen) atoms. The Labute approximate surface area is 131 Å². The molecule has 4 heteroatoms. The summed E-state index contributed by atoms with van der Waals surface area (Å²) in [6.45, 7) is 4.77. The molecule has 4 nitrogen and oxygen atoms in total. The summed E-state index contributed by atoms with van der Waals surface area (Å²) in [5.74, 6) is 0.487. The Kier molecular flexibility index (Phi) is 4.21. The molecule has 1 aliphatic carbocycles. The molecule has 1 aromatic heterocycles. The van der Waals surface area contributed by atoms with Crippen LogP contribution in [0.25, 0.3) is 11.0 Å². The van der Waals surface area contributed by atoms with E-state index in [1.807, 2.05) is 6.07 Å². The Hall–Kier alpha value is -1.81. The smallest absolute Gasteiger partial charge is 0.224 e. The van der Waals surface area contributed by atoms with Crippen LogP contribution in [0.4, 0.5) is 0 Å². The highest BCUT2D eigenvalue weighted by Gasteiger charge is 2.27. The summed E-state index contributed by atoms with van der Waals surface area (Å²) >= 11 is 0. The molecule has 1 fully saturated rings. The predicted molar refractivity (Wildman–Crippen MR) is 87.7 cm³/mol. The van der Waals surface area contributed by atoms with Gasteiger partial charge in [-0.05, 0) is 50.3 Å². The summed E-state index contributed by atoms with van der Waals surface area (Å²) < 4.78 is 5.67. The third-order valence-electron chi connectivity index (χ3n) is 5.00. The van der Waals surface area contributed by atoms with Gasteiger partial charge in [0.2, 0.25) is 5.91 Å². The predicted octanol–water partition coefficient (Wildman–Crippen LogP) is 2.84. The molecule has 1 aliphatic rings. The van der Waals surface area contributed by atoms with E-state index in [2.05, 4.69) is 25.2 Å². The van der Waals surface area contributed by atoms with E-state index in [1.54, 1.807) is 6.26 Å². The normalized spacial score (nSPS) is 21.4. The summed E-state index contributed by atoms with van der Waals surface area (Å²) in [6.07, 6.45) is 5.39. The van der Waals surface area contributed by atoms with Gasteiger partial charge in [0.15, 0.2) is 0 Å². The zero-order chi connectivity index (χ0) is 15.7. The number of aryl methyl sites for hydroxylation is 2. The van der Waals surface area contributed by atoms with Gasteiger partial charge >= 0.3 is 0 Å². The van der Waals surface area contributed by atoms with E-state index < -0.39 is 0 Å². The molecule has 2 unspecified atom stereocenters. The second kappa shape index (κ2) is 6.13. The highest BCUT2D eigenvalue weighted by Crippen LogP contribution is 2.27. The van der Waals surface area contributed by atoms with Crippen molar-refractivity contribution in [3.05, 3.63) is 35.1 Å². The highest BCUT2D eigenvalue weighted by molar-refractivity contribution is 5.89. The molecule has 0 saturated heterocycles. The van der Waals surface area contributed by atoms with Gasteiger partial charge in [-0.1, -0.05) is 18.6 Å². The lowest BCUT2D eigenvalue weighted by Crippen LogP contribution is -2.40. The third-order valence-corrected chi connectivity index (χ3v) is 5.00. The van der Waals surface area contributed by atoms with Crippen LogP contribution in [0.3, 0.4) is 0 Å². The molecule has 118 valence electrons. The zero-order valence-electron chi connectivity index (χ0n) is 13.3. The number of nitrogens with one attached hydrogen (secondary N) is 1. The van der Waals surface area contributed by atoms with E-state index in [1.165, 1.54) is 5.56 Å². The van der Waals surface area contributed by atoms with Gasteiger partial charge in [-0.25, -0.2) is 0 Å². The number of fused-ring (bicyclic) bond motifs is 1. The Morgan fingerprint density at radius 2 is 2.18 bits per heavy atom. The lowest BCUT2D eigenvalue weighted by Gasteiger charge is -2.19. The maximum absolute atomic E-state index is 12.3. The lowest BCUT2D eigenvalue weighted by molar-refractivity contribution is -0.121. The molecular weight excluding hydrogens is 276 g/mol. The molecule has 1 heterocycles. The molecule has 0 radical (unpaired) electrons. The van der Waals surface area contributed by atoms with Crippen molar-refractivity contribution in [3.8, 4) is 0 Å². The standard InChI is InChI=1S/C18H24N2O2/c1-11-6-7-15-14(10-22-18(15)12(11)2)8-17(21)20-16-5-3-4-13(16)9-19/h6-7,10,13,16H,3-5,8-9,19H2,1-2H3,(H,20,21). The Bertz CT molecular complexity index is 690. The SMILES string of the molecule is Cc1ccc2c(CC(=O)NC3CCCC3CN)coc2c1C. The third kappa shape index (κ3) is 2.75. The van der Waals surface area contributed by atoms with E-state index in [9.17, 15) is 4.79 Å². The molecule has 1 saturated carbocycles. The second-order valence-electron chi connectivity index (χ2n) is 6.42. The highest BCUT2D eigenvalue weighted by atomic mass is 16.3. The number of amides is 1. The topological polar surface area (TPSA) is 68.3 Å². The fraction of sp³-hybridized carbons (Fsp3) is 0.500. The van der Waals surface area contributed by atoms with Crippen molar-refractivity contribution < 1.29 is 9.21 Å². The van der Waals surface area contributed by atoms with Crippen molar-refractivity contribution in [1.29, 1.82) is 0 Å². The Morgan fingerprint density at radius 3 is 2.95 bits per heavy atom.